The molecular weight excluding hydrogens is 350 g/mol. The Hall–Kier alpha value is -0.850. The summed E-state index contributed by atoms with van der Waals surface area (Å²) in [5.74, 6) is 1.40. The van der Waals surface area contributed by atoms with E-state index in [0.717, 1.165) is 41.1 Å². The second kappa shape index (κ2) is 8.31. The highest BCUT2D eigenvalue weighted by Crippen LogP contribution is 2.35. The molecule has 0 radical (unpaired) electrons. The summed E-state index contributed by atoms with van der Waals surface area (Å²) in [6.07, 6.45) is 3.61. The van der Waals surface area contributed by atoms with E-state index in [1.807, 2.05) is 18.2 Å². The summed E-state index contributed by atoms with van der Waals surface area (Å²) in [6.45, 7) is 2.85. The predicted octanol–water partition coefficient (Wildman–Crippen LogP) is 4.10. The lowest BCUT2D eigenvalue weighted by Crippen LogP contribution is -2.31. The summed E-state index contributed by atoms with van der Waals surface area (Å²) < 4.78 is 1.02. The summed E-state index contributed by atoms with van der Waals surface area (Å²) in [4.78, 5) is 18.9. The van der Waals surface area contributed by atoms with Crippen LogP contribution in [0, 0.1) is 0 Å². The van der Waals surface area contributed by atoms with Crippen molar-refractivity contribution in [3.63, 3.8) is 0 Å². The molecule has 7 heteroatoms. The average molecular weight is 370 g/mol. The van der Waals surface area contributed by atoms with Crippen molar-refractivity contribution in [1.82, 2.24) is 0 Å². The van der Waals surface area contributed by atoms with Crippen molar-refractivity contribution in [3.05, 3.63) is 23.2 Å². The Kier molecular flexibility index (Phi) is 6.14. The van der Waals surface area contributed by atoms with Crippen LogP contribution in [0.2, 0.25) is 5.02 Å². The maximum absolute atomic E-state index is 12.3. The number of anilines is 2. The van der Waals surface area contributed by atoms with Gasteiger partial charge in [-0.1, -0.05) is 41.2 Å². The fourth-order valence-electron chi connectivity index (χ4n) is 2.77. The molecule has 0 spiro atoms. The van der Waals surface area contributed by atoms with Crippen LogP contribution in [0.1, 0.15) is 19.3 Å². The van der Waals surface area contributed by atoms with Gasteiger partial charge in [0.05, 0.1) is 28.7 Å². The molecule has 0 aliphatic carbocycles. The maximum atomic E-state index is 12.3. The van der Waals surface area contributed by atoms with E-state index in [0.29, 0.717) is 10.8 Å². The number of benzene rings is 1. The number of piperidine rings is 1. The summed E-state index contributed by atoms with van der Waals surface area (Å²) in [5.41, 5.74) is 1.77. The van der Waals surface area contributed by atoms with E-state index in [2.05, 4.69) is 15.2 Å². The number of rotatable bonds is 4. The Bertz CT molecular complexity index is 603. The smallest absolute Gasteiger partial charge is 0.234 e. The van der Waals surface area contributed by atoms with Gasteiger partial charge in [-0.15, -0.1) is 0 Å². The molecule has 4 nitrogen and oxygen atoms in total. The molecule has 0 aromatic heterocycles. The number of para-hydroxylation sites is 1. The normalized spacial score (nSPS) is 18.0. The number of carbonyl (C=O) groups excluding carboxylic acids is 1. The van der Waals surface area contributed by atoms with E-state index < -0.39 is 0 Å². The standard InChI is InChI=1S/C16H20ClN3OS2/c17-12-5-4-6-13(15(12)20-8-2-1-3-9-20)19-14(21)11-23-16-18-7-10-22-16/h4-6H,1-3,7-11H2,(H,19,21). The highest BCUT2D eigenvalue weighted by Gasteiger charge is 2.19. The Labute approximate surface area is 150 Å². The van der Waals surface area contributed by atoms with Crippen LogP contribution >= 0.6 is 35.1 Å². The highest BCUT2D eigenvalue weighted by atomic mass is 35.5. The Morgan fingerprint density at radius 1 is 1.35 bits per heavy atom. The molecule has 0 atom stereocenters. The number of hydrogen-bond donors (Lipinski definition) is 1. The molecule has 1 N–H and O–H groups in total. The summed E-state index contributed by atoms with van der Waals surface area (Å²) in [6, 6.07) is 5.70. The lowest BCUT2D eigenvalue weighted by Gasteiger charge is -2.31. The minimum atomic E-state index is -0.00859. The van der Waals surface area contributed by atoms with Crippen molar-refractivity contribution in [1.29, 1.82) is 0 Å². The molecule has 1 aromatic carbocycles. The molecule has 1 fully saturated rings. The van der Waals surface area contributed by atoms with Crippen LogP contribution in [0.5, 0.6) is 0 Å². The van der Waals surface area contributed by atoms with Gasteiger partial charge in [-0.2, -0.15) is 0 Å². The van der Waals surface area contributed by atoms with Gasteiger partial charge < -0.3 is 10.2 Å². The molecule has 0 unspecified atom stereocenters. The fourth-order valence-corrected chi connectivity index (χ4v) is 4.87. The number of aliphatic imine (C=N–C) groups is 1. The molecule has 1 saturated heterocycles. The van der Waals surface area contributed by atoms with Crippen LogP contribution in [0.3, 0.4) is 0 Å². The topological polar surface area (TPSA) is 44.7 Å². The van der Waals surface area contributed by atoms with Crippen LogP contribution in [-0.2, 0) is 4.79 Å². The third-order valence-electron chi connectivity index (χ3n) is 3.82. The van der Waals surface area contributed by atoms with Gasteiger partial charge in [0.25, 0.3) is 0 Å². The number of amides is 1. The van der Waals surface area contributed by atoms with E-state index in [-0.39, 0.29) is 5.91 Å². The second-order valence-electron chi connectivity index (χ2n) is 5.52. The number of carbonyl (C=O) groups is 1. The first-order valence-corrected chi connectivity index (χ1v) is 10.2. The zero-order chi connectivity index (χ0) is 16.1. The van der Waals surface area contributed by atoms with Crippen molar-refractivity contribution < 1.29 is 4.79 Å². The number of thioether (sulfide) groups is 2. The van der Waals surface area contributed by atoms with Crippen molar-refractivity contribution in [2.24, 2.45) is 4.99 Å². The minimum absolute atomic E-state index is 0.00859. The zero-order valence-electron chi connectivity index (χ0n) is 12.9. The van der Waals surface area contributed by atoms with Crippen molar-refractivity contribution >= 4 is 56.8 Å². The first-order valence-electron chi connectivity index (χ1n) is 7.87. The third-order valence-corrected chi connectivity index (χ3v) is 6.38. The monoisotopic (exact) mass is 369 g/mol. The van der Waals surface area contributed by atoms with E-state index in [9.17, 15) is 4.79 Å². The largest absolute Gasteiger partial charge is 0.369 e. The molecule has 2 heterocycles. The quantitative estimate of drug-likeness (QED) is 0.867. The maximum Gasteiger partial charge on any atom is 0.234 e. The lowest BCUT2D eigenvalue weighted by atomic mass is 10.1. The van der Waals surface area contributed by atoms with Gasteiger partial charge in [0.15, 0.2) is 0 Å². The Morgan fingerprint density at radius 3 is 2.91 bits per heavy atom. The van der Waals surface area contributed by atoms with Crippen molar-refractivity contribution in [2.45, 2.75) is 19.3 Å². The van der Waals surface area contributed by atoms with E-state index in [1.165, 1.54) is 31.0 Å². The van der Waals surface area contributed by atoms with Crippen molar-refractivity contribution in [3.8, 4) is 0 Å². The molecule has 2 aliphatic rings. The van der Waals surface area contributed by atoms with Gasteiger partial charge in [0.1, 0.15) is 4.38 Å². The molecule has 2 aliphatic heterocycles. The number of nitrogens with one attached hydrogen (secondary N) is 1. The van der Waals surface area contributed by atoms with Gasteiger partial charge in [-0.3, -0.25) is 9.79 Å². The Morgan fingerprint density at radius 2 is 2.17 bits per heavy atom. The molecule has 0 bridgehead atoms. The van der Waals surface area contributed by atoms with Crippen LogP contribution in [0.15, 0.2) is 23.2 Å². The van der Waals surface area contributed by atoms with Gasteiger partial charge in [-0.05, 0) is 31.4 Å². The molecule has 3 rings (SSSR count). The molecular formula is C16H20ClN3OS2. The second-order valence-corrected chi connectivity index (χ2v) is 8.23. The predicted molar refractivity (Wildman–Crippen MR) is 103 cm³/mol. The fraction of sp³-hybridized carbons (Fsp3) is 0.500. The third kappa shape index (κ3) is 4.58. The number of hydrogen-bond acceptors (Lipinski definition) is 5. The highest BCUT2D eigenvalue weighted by molar-refractivity contribution is 8.39. The SMILES string of the molecule is O=C(CSC1=NCCS1)Nc1cccc(Cl)c1N1CCCCC1. The first kappa shape index (κ1) is 17.0. The first-order chi connectivity index (χ1) is 11.2. The van der Waals surface area contributed by atoms with Crippen LogP contribution in [-0.4, -0.2) is 41.4 Å². The van der Waals surface area contributed by atoms with Gasteiger partial charge in [-0.25, -0.2) is 0 Å². The minimum Gasteiger partial charge on any atom is -0.369 e. The van der Waals surface area contributed by atoms with E-state index >= 15 is 0 Å². The van der Waals surface area contributed by atoms with E-state index in [4.69, 9.17) is 11.6 Å². The van der Waals surface area contributed by atoms with Gasteiger partial charge in [0, 0.05) is 18.8 Å². The molecule has 0 saturated carbocycles. The van der Waals surface area contributed by atoms with Crippen LogP contribution in [0.4, 0.5) is 11.4 Å². The zero-order valence-corrected chi connectivity index (χ0v) is 15.3. The molecule has 1 aromatic rings. The average Bonchev–Trinajstić information content (AvgIpc) is 3.07. The van der Waals surface area contributed by atoms with Crippen molar-refractivity contribution in [2.75, 3.05) is 41.4 Å². The number of nitrogens with zero attached hydrogens (tertiary/aromatic N) is 2. The van der Waals surface area contributed by atoms with Crippen LogP contribution in [0.25, 0.3) is 0 Å². The molecule has 23 heavy (non-hydrogen) atoms. The summed E-state index contributed by atoms with van der Waals surface area (Å²) in [5, 5.41) is 3.72. The lowest BCUT2D eigenvalue weighted by molar-refractivity contribution is -0.113. The van der Waals surface area contributed by atoms with Gasteiger partial charge >= 0.3 is 0 Å². The summed E-state index contributed by atoms with van der Waals surface area (Å²) in [7, 11) is 0. The molecule has 124 valence electrons. The van der Waals surface area contributed by atoms with E-state index in [1.54, 1.807) is 11.8 Å². The Balaban J connectivity index is 1.66. The van der Waals surface area contributed by atoms with Gasteiger partial charge in [0.2, 0.25) is 5.91 Å². The van der Waals surface area contributed by atoms with Crippen LogP contribution < -0.4 is 10.2 Å². The number of halogens is 1. The summed E-state index contributed by atoms with van der Waals surface area (Å²) >= 11 is 9.64. The molecule has 1 amide bonds.